The van der Waals surface area contributed by atoms with Gasteiger partial charge in [0, 0.05) is 13.5 Å². The number of nitrogens with zero attached hydrogens (tertiary/aromatic N) is 1. The molecule has 0 radical (unpaired) electrons. The summed E-state index contributed by atoms with van der Waals surface area (Å²) in [6, 6.07) is 4.86. The quantitative estimate of drug-likeness (QED) is 0.927. The molecule has 4 nitrogen and oxygen atoms in total. The highest BCUT2D eigenvalue weighted by Crippen LogP contribution is 2.34. The summed E-state index contributed by atoms with van der Waals surface area (Å²) in [6.07, 6.45) is 0. The van der Waals surface area contributed by atoms with E-state index in [-0.39, 0.29) is 12.5 Å². The van der Waals surface area contributed by atoms with Crippen molar-refractivity contribution in [3.05, 3.63) is 28.2 Å². The summed E-state index contributed by atoms with van der Waals surface area (Å²) >= 11 is 12.0. The monoisotopic (exact) mass is 289 g/mol. The zero-order valence-corrected chi connectivity index (χ0v) is 11.5. The molecule has 0 saturated heterocycles. The molecule has 1 aromatic rings. The first kappa shape index (κ1) is 14.8. The van der Waals surface area contributed by atoms with Crippen LogP contribution in [0, 0.1) is 5.92 Å². The van der Waals surface area contributed by atoms with Gasteiger partial charge in [-0.15, -0.1) is 0 Å². The van der Waals surface area contributed by atoms with Crippen molar-refractivity contribution in [2.75, 3.05) is 11.4 Å². The van der Waals surface area contributed by atoms with Gasteiger partial charge in [0.2, 0.25) is 5.91 Å². The highest BCUT2D eigenvalue weighted by Gasteiger charge is 2.23. The SMILES string of the molecule is CC(=O)N(CC(C)C(=O)O)c1c(Cl)cccc1Cl. The molecule has 0 heterocycles. The topological polar surface area (TPSA) is 57.6 Å². The van der Waals surface area contributed by atoms with Crippen LogP contribution in [0.25, 0.3) is 0 Å². The summed E-state index contributed by atoms with van der Waals surface area (Å²) in [6.45, 7) is 2.88. The van der Waals surface area contributed by atoms with Gasteiger partial charge >= 0.3 is 5.97 Å². The number of rotatable bonds is 4. The molecule has 1 amide bonds. The number of para-hydroxylation sites is 1. The van der Waals surface area contributed by atoms with Crippen molar-refractivity contribution in [3.8, 4) is 0 Å². The molecular weight excluding hydrogens is 277 g/mol. The van der Waals surface area contributed by atoms with E-state index in [9.17, 15) is 9.59 Å². The third-order valence-corrected chi connectivity index (χ3v) is 3.08. The molecule has 1 N–H and O–H groups in total. The molecule has 0 saturated carbocycles. The van der Waals surface area contributed by atoms with Gasteiger partial charge in [-0.05, 0) is 12.1 Å². The lowest BCUT2D eigenvalue weighted by Crippen LogP contribution is -2.35. The first-order valence-corrected chi connectivity index (χ1v) is 6.05. The molecule has 1 atom stereocenters. The van der Waals surface area contributed by atoms with Crippen LogP contribution in [0.3, 0.4) is 0 Å². The maximum atomic E-state index is 11.6. The zero-order chi connectivity index (χ0) is 13.9. The lowest BCUT2D eigenvalue weighted by atomic mass is 10.1. The Hall–Kier alpha value is -1.26. The fourth-order valence-electron chi connectivity index (χ4n) is 1.48. The van der Waals surface area contributed by atoms with E-state index in [0.717, 1.165) is 0 Å². The van der Waals surface area contributed by atoms with Gasteiger partial charge in [0.15, 0.2) is 0 Å². The van der Waals surface area contributed by atoms with E-state index < -0.39 is 11.9 Å². The summed E-state index contributed by atoms with van der Waals surface area (Å²) in [5.74, 6) is -2.00. The number of amides is 1. The summed E-state index contributed by atoms with van der Waals surface area (Å²) in [5, 5.41) is 9.52. The van der Waals surface area contributed by atoms with Crippen LogP contribution in [-0.4, -0.2) is 23.5 Å². The molecule has 18 heavy (non-hydrogen) atoms. The standard InChI is InChI=1S/C12H13Cl2NO3/c1-7(12(17)18)6-15(8(2)16)11-9(13)4-3-5-10(11)14/h3-5,7H,6H2,1-2H3,(H,17,18). The number of hydrogen-bond donors (Lipinski definition) is 1. The summed E-state index contributed by atoms with van der Waals surface area (Å²) < 4.78 is 0. The van der Waals surface area contributed by atoms with Crippen molar-refractivity contribution in [2.24, 2.45) is 5.92 Å². The molecule has 1 aromatic carbocycles. The number of benzene rings is 1. The average Bonchev–Trinajstić information content (AvgIpc) is 2.26. The third kappa shape index (κ3) is 3.37. The van der Waals surface area contributed by atoms with Crippen LogP contribution >= 0.6 is 23.2 Å². The van der Waals surface area contributed by atoms with Crippen LogP contribution < -0.4 is 4.90 Å². The van der Waals surface area contributed by atoms with Crippen molar-refractivity contribution in [1.29, 1.82) is 0 Å². The van der Waals surface area contributed by atoms with E-state index >= 15 is 0 Å². The average molecular weight is 290 g/mol. The van der Waals surface area contributed by atoms with Crippen molar-refractivity contribution < 1.29 is 14.7 Å². The van der Waals surface area contributed by atoms with E-state index in [1.807, 2.05) is 0 Å². The highest BCUT2D eigenvalue weighted by atomic mass is 35.5. The Morgan fingerprint density at radius 1 is 1.33 bits per heavy atom. The Morgan fingerprint density at radius 3 is 2.22 bits per heavy atom. The van der Waals surface area contributed by atoms with Crippen LogP contribution in [0.4, 0.5) is 5.69 Å². The maximum absolute atomic E-state index is 11.6. The van der Waals surface area contributed by atoms with Crippen LogP contribution in [0.2, 0.25) is 10.0 Å². The number of hydrogen-bond acceptors (Lipinski definition) is 2. The summed E-state index contributed by atoms with van der Waals surface area (Å²) in [4.78, 5) is 23.8. The lowest BCUT2D eigenvalue weighted by Gasteiger charge is -2.25. The number of carbonyl (C=O) groups is 2. The van der Waals surface area contributed by atoms with Crippen LogP contribution in [0.5, 0.6) is 0 Å². The number of aliphatic carboxylic acids is 1. The van der Waals surface area contributed by atoms with E-state index in [2.05, 4.69) is 0 Å². The normalized spacial score (nSPS) is 12.0. The van der Waals surface area contributed by atoms with Crippen LogP contribution in [0.15, 0.2) is 18.2 Å². The predicted molar refractivity (Wildman–Crippen MR) is 71.3 cm³/mol. The second-order valence-corrected chi connectivity index (χ2v) is 4.75. The van der Waals surface area contributed by atoms with Gasteiger partial charge in [-0.3, -0.25) is 9.59 Å². The molecule has 1 rings (SSSR count). The first-order valence-electron chi connectivity index (χ1n) is 5.29. The molecule has 0 aliphatic carbocycles. The van der Waals surface area contributed by atoms with Gasteiger partial charge in [0.25, 0.3) is 0 Å². The summed E-state index contributed by atoms with van der Waals surface area (Å²) in [5.41, 5.74) is 0.349. The Bertz CT molecular complexity index is 456. The second-order valence-electron chi connectivity index (χ2n) is 3.94. The largest absolute Gasteiger partial charge is 0.481 e. The van der Waals surface area contributed by atoms with Crippen molar-refractivity contribution in [3.63, 3.8) is 0 Å². The maximum Gasteiger partial charge on any atom is 0.308 e. The molecular formula is C12H13Cl2NO3. The molecule has 98 valence electrons. The van der Waals surface area contributed by atoms with Gasteiger partial charge in [0.1, 0.15) is 0 Å². The smallest absolute Gasteiger partial charge is 0.308 e. The van der Waals surface area contributed by atoms with Gasteiger partial charge in [-0.1, -0.05) is 36.2 Å². The van der Waals surface area contributed by atoms with Gasteiger partial charge in [-0.25, -0.2) is 0 Å². The van der Waals surface area contributed by atoms with Gasteiger partial charge in [0.05, 0.1) is 21.7 Å². The minimum atomic E-state index is -0.982. The minimum absolute atomic E-state index is 0.0219. The third-order valence-electron chi connectivity index (χ3n) is 2.47. The van der Waals surface area contributed by atoms with Crippen LogP contribution in [0.1, 0.15) is 13.8 Å². The lowest BCUT2D eigenvalue weighted by molar-refractivity contribution is -0.140. The van der Waals surface area contributed by atoms with E-state index in [0.29, 0.717) is 15.7 Å². The fourth-order valence-corrected chi connectivity index (χ4v) is 2.08. The Kier molecular flexibility index (Phi) is 4.99. The molecule has 1 unspecified atom stereocenters. The molecule has 0 aliphatic heterocycles. The van der Waals surface area contributed by atoms with Crippen LogP contribution in [-0.2, 0) is 9.59 Å². The number of carboxylic acids is 1. The predicted octanol–water partition coefficient (Wildman–Crippen LogP) is 3.07. The fraction of sp³-hybridized carbons (Fsp3) is 0.333. The Labute approximate surface area is 115 Å². The van der Waals surface area contributed by atoms with Gasteiger partial charge in [-0.2, -0.15) is 0 Å². The first-order chi connectivity index (χ1) is 8.34. The second kappa shape index (κ2) is 6.07. The number of carboxylic acid groups (broad SMARTS) is 1. The van der Waals surface area contributed by atoms with E-state index in [1.165, 1.54) is 18.7 Å². The Balaban J connectivity index is 3.13. The highest BCUT2D eigenvalue weighted by molar-refractivity contribution is 6.39. The van der Waals surface area contributed by atoms with Gasteiger partial charge < -0.3 is 10.0 Å². The number of anilines is 1. The zero-order valence-electron chi connectivity index (χ0n) is 9.98. The van der Waals surface area contributed by atoms with E-state index in [4.69, 9.17) is 28.3 Å². The molecule has 0 aromatic heterocycles. The summed E-state index contributed by atoms with van der Waals surface area (Å²) in [7, 11) is 0. The molecule has 0 fully saturated rings. The number of halogens is 2. The molecule has 6 heteroatoms. The van der Waals surface area contributed by atoms with Crippen molar-refractivity contribution in [2.45, 2.75) is 13.8 Å². The number of carbonyl (C=O) groups excluding carboxylic acids is 1. The van der Waals surface area contributed by atoms with Crippen molar-refractivity contribution >= 4 is 40.8 Å². The van der Waals surface area contributed by atoms with Crippen molar-refractivity contribution in [1.82, 2.24) is 0 Å². The Morgan fingerprint density at radius 2 is 1.83 bits per heavy atom. The minimum Gasteiger partial charge on any atom is -0.481 e. The molecule has 0 bridgehead atoms. The van der Waals surface area contributed by atoms with E-state index in [1.54, 1.807) is 18.2 Å². The molecule has 0 spiro atoms. The molecule has 0 aliphatic rings.